The minimum atomic E-state index is -3.68. The summed E-state index contributed by atoms with van der Waals surface area (Å²) < 4.78 is 32.3. The summed E-state index contributed by atoms with van der Waals surface area (Å²) in [6.07, 6.45) is 0. The lowest BCUT2D eigenvalue weighted by Gasteiger charge is -2.26. The Morgan fingerprint density at radius 3 is 2.45 bits per heavy atom. The molecule has 1 heterocycles. The molecule has 0 saturated carbocycles. The van der Waals surface area contributed by atoms with Crippen molar-refractivity contribution < 1.29 is 17.9 Å². The number of hydrazone groups is 1. The van der Waals surface area contributed by atoms with Gasteiger partial charge < -0.3 is 4.74 Å². The molecule has 0 aromatic heterocycles. The molecule has 7 nitrogen and oxygen atoms in total. The second kappa shape index (κ2) is 8.97. The Morgan fingerprint density at radius 1 is 0.935 bits per heavy atom. The van der Waals surface area contributed by atoms with Gasteiger partial charge in [-0.15, -0.1) is 0 Å². The van der Waals surface area contributed by atoms with Crippen LogP contribution in [-0.2, 0) is 14.8 Å². The van der Waals surface area contributed by atoms with Crippen LogP contribution in [0, 0.1) is 0 Å². The third-order valence-electron chi connectivity index (χ3n) is 5.20. The highest BCUT2D eigenvalue weighted by molar-refractivity contribution is 7.89. The molecular formula is C23H23N3O4S. The van der Waals surface area contributed by atoms with Gasteiger partial charge in [0, 0.05) is 18.7 Å². The van der Waals surface area contributed by atoms with E-state index < -0.39 is 15.9 Å². The smallest absolute Gasteiger partial charge is 0.271 e. The monoisotopic (exact) mass is 437 g/mol. The number of benzene rings is 3. The lowest BCUT2D eigenvalue weighted by molar-refractivity contribution is 0.0730. The topological polar surface area (TPSA) is 88.1 Å². The van der Waals surface area contributed by atoms with Gasteiger partial charge in [0.15, 0.2) is 0 Å². The molecule has 0 atom stereocenters. The van der Waals surface area contributed by atoms with Gasteiger partial charge in [0.25, 0.3) is 5.91 Å². The first-order valence-corrected chi connectivity index (χ1v) is 11.4. The van der Waals surface area contributed by atoms with E-state index in [0.717, 1.165) is 16.3 Å². The van der Waals surface area contributed by atoms with Crippen molar-refractivity contribution in [2.24, 2.45) is 5.10 Å². The van der Waals surface area contributed by atoms with Crippen LogP contribution in [0.15, 0.2) is 76.7 Å². The number of hydrogen-bond acceptors (Lipinski definition) is 5. The molecule has 1 fully saturated rings. The van der Waals surface area contributed by atoms with Crippen LogP contribution in [0.1, 0.15) is 22.8 Å². The number of carbonyl (C=O) groups excluding carboxylic acids is 1. The molecule has 0 radical (unpaired) electrons. The number of nitrogens with zero attached hydrogens (tertiary/aromatic N) is 2. The quantitative estimate of drug-likeness (QED) is 0.491. The molecule has 1 aliphatic heterocycles. The van der Waals surface area contributed by atoms with Crippen LogP contribution in [0.2, 0.25) is 0 Å². The van der Waals surface area contributed by atoms with Gasteiger partial charge >= 0.3 is 0 Å². The van der Waals surface area contributed by atoms with Crippen molar-refractivity contribution in [3.8, 4) is 0 Å². The van der Waals surface area contributed by atoms with E-state index in [1.54, 1.807) is 12.1 Å². The summed E-state index contributed by atoms with van der Waals surface area (Å²) in [5.41, 5.74) is 4.29. The van der Waals surface area contributed by atoms with E-state index in [9.17, 15) is 13.2 Å². The van der Waals surface area contributed by atoms with Crippen molar-refractivity contribution in [3.63, 3.8) is 0 Å². The number of nitrogens with one attached hydrogen (secondary N) is 1. The van der Waals surface area contributed by atoms with E-state index >= 15 is 0 Å². The van der Waals surface area contributed by atoms with Gasteiger partial charge in [0.05, 0.1) is 23.8 Å². The molecule has 0 aliphatic carbocycles. The van der Waals surface area contributed by atoms with E-state index in [2.05, 4.69) is 10.5 Å². The maximum Gasteiger partial charge on any atom is 0.271 e. The zero-order valence-electron chi connectivity index (χ0n) is 17.1. The minimum absolute atomic E-state index is 0.0808. The third-order valence-corrected chi connectivity index (χ3v) is 7.09. The average Bonchev–Trinajstić information content (AvgIpc) is 2.82. The van der Waals surface area contributed by atoms with Crippen LogP contribution in [0.5, 0.6) is 0 Å². The molecule has 3 aromatic rings. The molecule has 1 saturated heterocycles. The van der Waals surface area contributed by atoms with Gasteiger partial charge in [0.2, 0.25) is 10.0 Å². The number of fused-ring (bicyclic) bond motifs is 1. The first kappa shape index (κ1) is 21.2. The summed E-state index contributed by atoms with van der Waals surface area (Å²) in [5.74, 6) is -0.473. The second-order valence-corrected chi connectivity index (χ2v) is 9.18. The Morgan fingerprint density at radius 2 is 1.68 bits per heavy atom. The minimum Gasteiger partial charge on any atom is -0.379 e. The van der Waals surface area contributed by atoms with Crippen molar-refractivity contribution in [3.05, 3.63) is 77.9 Å². The van der Waals surface area contributed by atoms with E-state index in [0.29, 0.717) is 32.0 Å². The van der Waals surface area contributed by atoms with Crippen LogP contribution >= 0.6 is 0 Å². The van der Waals surface area contributed by atoms with E-state index in [1.165, 1.54) is 16.4 Å². The lowest BCUT2D eigenvalue weighted by Crippen LogP contribution is -2.40. The molecule has 1 N–H and O–H groups in total. The van der Waals surface area contributed by atoms with Crippen LogP contribution < -0.4 is 5.43 Å². The maximum atomic E-state index is 12.8. The van der Waals surface area contributed by atoms with Gasteiger partial charge in [-0.1, -0.05) is 42.5 Å². The Balaban J connectivity index is 1.51. The van der Waals surface area contributed by atoms with Crippen molar-refractivity contribution in [1.82, 2.24) is 9.73 Å². The molecule has 8 heteroatoms. The number of rotatable bonds is 5. The van der Waals surface area contributed by atoms with Gasteiger partial charge in [-0.3, -0.25) is 4.79 Å². The molecule has 160 valence electrons. The summed E-state index contributed by atoms with van der Waals surface area (Å²) in [4.78, 5) is 12.7. The van der Waals surface area contributed by atoms with Crippen LogP contribution in [-0.4, -0.2) is 50.6 Å². The van der Waals surface area contributed by atoms with Crippen LogP contribution in [0.4, 0.5) is 0 Å². The van der Waals surface area contributed by atoms with Gasteiger partial charge in [0.1, 0.15) is 0 Å². The molecule has 1 aliphatic rings. The number of carbonyl (C=O) groups is 1. The zero-order chi connectivity index (χ0) is 21.8. The molecular weight excluding hydrogens is 414 g/mol. The van der Waals surface area contributed by atoms with Gasteiger partial charge in [-0.25, -0.2) is 13.8 Å². The Kier molecular flexibility index (Phi) is 6.13. The number of sulfonamides is 1. The number of ether oxygens (including phenoxy) is 1. The number of hydrogen-bond donors (Lipinski definition) is 1. The Labute approximate surface area is 181 Å². The lowest BCUT2D eigenvalue weighted by atomic mass is 10.0. The van der Waals surface area contributed by atoms with E-state index in [-0.39, 0.29) is 10.5 Å². The standard InChI is InChI=1S/C23H23N3O4S/c1-17(19-10-9-18-5-2-3-6-20(18)15-19)24-25-23(27)21-7-4-8-22(16-21)31(28,29)26-11-13-30-14-12-26/h2-10,15-16H,11-14H2,1H3,(H,25,27). The van der Waals surface area contributed by atoms with Crippen molar-refractivity contribution >= 4 is 32.4 Å². The predicted molar refractivity (Wildman–Crippen MR) is 120 cm³/mol. The number of morpholine rings is 1. The highest BCUT2D eigenvalue weighted by Crippen LogP contribution is 2.19. The fourth-order valence-corrected chi connectivity index (χ4v) is 4.87. The SMILES string of the molecule is CC(=NNC(=O)c1cccc(S(=O)(=O)N2CCOCC2)c1)c1ccc2ccccc2c1. The summed E-state index contributed by atoms with van der Waals surface area (Å²) in [6.45, 7) is 3.13. The zero-order valence-corrected chi connectivity index (χ0v) is 17.9. The summed E-state index contributed by atoms with van der Waals surface area (Å²) in [6, 6.07) is 20.0. The molecule has 0 unspecified atom stereocenters. The second-order valence-electron chi connectivity index (χ2n) is 7.24. The summed E-state index contributed by atoms with van der Waals surface area (Å²) in [5, 5.41) is 6.41. The van der Waals surface area contributed by atoms with Gasteiger partial charge in [-0.2, -0.15) is 9.41 Å². The Hall–Kier alpha value is -3.07. The first-order chi connectivity index (χ1) is 14.9. The van der Waals surface area contributed by atoms with Crippen LogP contribution in [0.3, 0.4) is 0 Å². The largest absolute Gasteiger partial charge is 0.379 e. The predicted octanol–water partition coefficient (Wildman–Crippen LogP) is 3.01. The fourth-order valence-electron chi connectivity index (χ4n) is 3.41. The first-order valence-electron chi connectivity index (χ1n) is 9.97. The molecule has 3 aromatic carbocycles. The highest BCUT2D eigenvalue weighted by Gasteiger charge is 2.26. The van der Waals surface area contributed by atoms with Crippen molar-refractivity contribution in [1.29, 1.82) is 0 Å². The highest BCUT2D eigenvalue weighted by atomic mass is 32.2. The molecule has 1 amide bonds. The average molecular weight is 438 g/mol. The maximum absolute atomic E-state index is 12.8. The molecule has 0 spiro atoms. The van der Waals surface area contributed by atoms with Crippen molar-refractivity contribution in [2.45, 2.75) is 11.8 Å². The third kappa shape index (κ3) is 4.66. The van der Waals surface area contributed by atoms with E-state index in [4.69, 9.17) is 4.74 Å². The normalized spacial score (nSPS) is 15.7. The van der Waals surface area contributed by atoms with Gasteiger partial charge in [-0.05, 0) is 47.5 Å². The fraction of sp³-hybridized carbons (Fsp3) is 0.217. The Bertz CT molecular complexity index is 1250. The molecule has 4 rings (SSSR count). The number of amides is 1. The summed E-state index contributed by atoms with van der Waals surface area (Å²) >= 11 is 0. The van der Waals surface area contributed by atoms with Crippen LogP contribution in [0.25, 0.3) is 10.8 Å². The van der Waals surface area contributed by atoms with E-state index in [1.807, 2.05) is 49.4 Å². The summed E-state index contributed by atoms with van der Waals surface area (Å²) in [7, 11) is -3.68. The molecule has 0 bridgehead atoms. The molecule has 31 heavy (non-hydrogen) atoms. The van der Waals surface area contributed by atoms with Crippen molar-refractivity contribution in [2.75, 3.05) is 26.3 Å².